The normalized spacial score (nSPS) is 11.3. The van der Waals surface area contributed by atoms with Gasteiger partial charge in [-0.1, -0.05) is 30.3 Å². The van der Waals surface area contributed by atoms with Gasteiger partial charge in [0.05, 0.1) is 15.2 Å². The Hall–Kier alpha value is -1.66. The van der Waals surface area contributed by atoms with Crippen molar-refractivity contribution in [2.75, 3.05) is 11.9 Å². The molecule has 1 atom stereocenters. The van der Waals surface area contributed by atoms with Crippen LogP contribution >= 0.6 is 36.2 Å². The van der Waals surface area contributed by atoms with Crippen molar-refractivity contribution in [2.24, 2.45) is 5.73 Å². The molecule has 1 unspecified atom stereocenters. The average Bonchev–Trinajstić information content (AvgIpc) is 2.93. The van der Waals surface area contributed by atoms with Crippen LogP contribution in [0.1, 0.15) is 23.0 Å². The summed E-state index contributed by atoms with van der Waals surface area (Å²) in [5, 5.41) is 1.03. The zero-order valence-corrected chi connectivity index (χ0v) is 16.5. The van der Waals surface area contributed by atoms with E-state index in [0.29, 0.717) is 0 Å². The van der Waals surface area contributed by atoms with Crippen molar-refractivity contribution in [1.29, 1.82) is 0 Å². The van der Waals surface area contributed by atoms with Gasteiger partial charge in [0.2, 0.25) is 5.91 Å². The first-order valence-electron chi connectivity index (χ1n) is 7.49. The maximum atomic E-state index is 12.5. The summed E-state index contributed by atoms with van der Waals surface area (Å²) in [6.45, 7) is 1.98. The van der Waals surface area contributed by atoms with E-state index in [2.05, 4.69) is 4.98 Å². The average molecular weight is 398 g/mol. The fourth-order valence-electron chi connectivity index (χ4n) is 2.52. The van der Waals surface area contributed by atoms with E-state index in [1.807, 2.05) is 55.5 Å². The Morgan fingerprint density at radius 3 is 2.56 bits per heavy atom. The number of carbonyl (C=O) groups is 1. The number of amides is 1. The Morgan fingerprint density at radius 1 is 1.20 bits per heavy atom. The summed E-state index contributed by atoms with van der Waals surface area (Å²) >= 11 is 1.63. The second kappa shape index (κ2) is 9.15. The number of halogens is 2. The van der Waals surface area contributed by atoms with Gasteiger partial charge in [-0.05, 0) is 30.7 Å². The lowest BCUT2D eigenvalue weighted by Gasteiger charge is -2.20. The number of anilines is 1. The molecule has 25 heavy (non-hydrogen) atoms. The van der Waals surface area contributed by atoms with Crippen LogP contribution in [0.25, 0.3) is 10.2 Å². The van der Waals surface area contributed by atoms with Gasteiger partial charge in [0.25, 0.3) is 0 Å². The largest absolute Gasteiger partial charge is 0.324 e. The molecule has 4 nitrogen and oxygen atoms in total. The second-order valence-electron chi connectivity index (χ2n) is 5.56. The van der Waals surface area contributed by atoms with Crippen LogP contribution in [0, 0.1) is 6.92 Å². The summed E-state index contributed by atoms with van der Waals surface area (Å²) in [4.78, 5) is 18.6. The monoisotopic (exact) mass is 397 g/mol. The number of hydrogen-bond acceptors (Lipinski definition) is 4. The van der Waals surface area contributed by atoms with Crippen molar-refractivity contribution in [3.8, 4) is 0 Å². The number of aromatic nitrogens is 1. The number of aryl methyl sites for hydroxylation is 1. The molecule has 2 aromatic carbocycles. The van der Waals surface area contributed by atoms with E-state index < -0.39 is 0 Å². The van der Waals surface area contributed by atoms with Crippen LogP contribution in [0.5, 0.6) is 0 Å². The van der Waals surface area contributed by atoms with Crippen molar-refractivity contribution in [3.05, 3.63) is 59.1 Å². The molecule has 0 bridgehead atoms. The fourth-order valence-corrected chi connectivity index (χ4v) is 3.38. The Balaban J connectivity index is 0.00000156. The highest BCUT2D eigenvalue weighted by Gasteiger charge is 2.17. The number of thiazole rings is 1. The van der Waals surface area contributed by atoms with E-state index in [9.17, 15) is 4.79 Å². The third kappa shape index (κ3) is 4.92. The molecule has 3 aromatic rings. The first-order valence-corrected chi connectivity index (χ1v) is 8.30. The zero-order chi connectivity index (χ0) is 16.4. The summed E-state index contributed by atoms with van der Waals surface area (Å²) < 4.78 is 1.09. The summed E-state index contributed by atoms with van der Waals surface area (Å²) in [5.74, 6) is 0.00180. The van der Waals surface area contributed by atoms with E-state index in [-0.39, 0.29) is 43.2 Å². The van der Waals surface area contributed by atoms with Crippen LogP contribution in [0.4, 0.5) is 5.69 Å². The third-order valence-electron chi connectivity index (χ3n) is 3.86. The molecular formula is C18H21Cl2N3OS. The Morgan fingerprint density at radius 2 is 1.88 bits per heavy atom. The Kier molecular flexibility index (Phi) is 7.83. The molecule has 0 aliphatic rings. The molecule has 2 N–H and O–H groups in total. The fraction of sp³-hybridized carbons (Fsp3) is 0.222. The number of fused-ring (bicyclic) bond motifs is 1. The molecule has 0 saturated heterocycles. The van der Waals surface area contributed by atoms with Crippen LogP contribution in [0.2, 0.25) is 0 Å². The molecular weight excluding hydrogens is 377 g/mol. The molecule has 0 aliphatic heterocycles. The van der Waals surface area contributed by atoms with Gasteiger partial charge >= 0.3 is 0 Å². The first kappa shape index (κ1) is 21.4. The molecule has 7 heteroatoms. The predicted molar refractivity (Wildman–Crippen MR) is 110 cm³/mol. The lowest BCUT2D eigenvalue weighted by atomic mass is 10.0. The van der Waals surface area contributed by atoms with Crippen molar-refractivity contribution in [3.63, 3.8) is 0 Å². The maximum Gasteiger partial charge on any atom is 0.228 e. The molecule has 0 aliphatic carbocycles. The van der Waals surface area contributed by atoms with Crippen molar-refractivity contribution in [2.45, 2.75) is 19.4 Å². The van der Waals surface area contributed by atoms with Crippen LogP contribution in [-0.2, 0) is 4.79 Å². The number of carbonyl (C=O) groups excluding carboxylic acids is 1. The smallest absolute Gasteiger partial charge is 0.228 e. The standard InChI is InChI=1S/C18H19N3OS.2ClH/c1-12-20-16-9-8-14(10-17(16)23-12)21(2)18(22)11-15(19)13-6-4-3-5-7-13;;/h3-10,15H,11,19H2,1-2H3;2*1H. The maximum absolute atomic E-state index is 12.5. The molecule has 0 spiro atoms. The Labute approximate surface area is 163 Å². The van der Waals surface area contributed by atoms with Gasteiger partial charge in [-0.25, -0.2) is 4.98 Å². The summed E-state index contributed by atoms with van der Waals surface area (Å²) in [6.07, 6.45) is 0.278. The number of hydrogen-bond donors (Lipinski definition) is 1. The van der Waals surface area contributed by atoms with Crippen molar-refractivity contribution >= 4 is 58.0 Å². The van der Waals surface area contributed by atoms with Gasteiger partial charge < -0.3 is 10.6 Å². The zero-order valence-electron chi connectivity index (χ0n) is 14.0. The van der Waals surface area contributed by atoms with E-state index in [4.69, 9.17) is 5.73 Å². The summed E-state index contributed by atoms with van der Waals surface area (Å²) in [7, 11) is 1.79. The van der Waals surface area contributed by atoms with Gasteiger partial charge in [0.15, 0.2) is 0 Å². The number of benzene rings is 2. The highest BCUT2D eigenvalue weighted by molar-refractivity contribution is 7.18. The third-order valence-corrected chi connectivity index (χ3v) is 4.80. The van der Waals surface area contributed by atoms with Crippen molar-refractivity contribution in [1.82, 2.24) is 4.98 Å². The molecule has 0 fully saturated rings. The van der Waals surface area contributed by atoms with E-state index in [1.54, 1.807) is 23.3 Å². The van der Waals surface area contributed by atoms with E-state index >= 15 is 0 Å². The van der Waals surface area contributed by atoms with Gasteiger partial charge in [-0.2, -0.15) is 0 Å². The lowest BCUT2D eigenvalue weighted by molar-refractivity contribution is -0.118. The molecule has 1 amide bonds. The van der Waals surface area contributed by atoms with Gasteiger partial charge in [-0.3, -0.25) is 4.79 Å². The molecule has 0 saturated carbocycles. The Bertz CT molecular complexity index is 839. The topological polar surface area (TPSA) is 59.2 Å². The van der Waals surface area contributed by atoms with Crippen molar-refractivity contribution < 1.29 is 4.79 Å². The van der Waals surface area contributed by atoms with Crippen LogP contribution in [0.15, 0.2) is 48.5 Å². The summed E-state index contributed by atoms with van der Waals surface area (Å²) in [5.41, 5.74) is 8.96. The van der Waals surface area contributed by atoms with Gasteiger partial charge in [-0.15, -0.1) is 36.2 Å². The second-order valence-corrected chi connectivity index (χ2v) is 6.79. The highest BCUT2D eigenvalue weighted by Crippen LogP contribution is 2.27. The van der Waals surface area contributed by atoms with E-state index in [1.165, 1.54) is 0 Å². The van der Waals surface area contributed by atoms with Crippen LogP contribution in [-0.4, -0.2) is 17.9 Å². The van der Waals surface area contributed by atoms with Crippen LogP contribution in [0.3, 0.4) is 0 Å². The first-order chi connectivity index (χ1) is 11.0. The minimum Gasteiger partial charge on any atom is -0.324 e. The van der Waals surface area contributed by atoms with Gasteiger partial charge in [0, 0.05) is 25.2 Å². The molecule has 0 radical (unpaired) electrons. The number of nitrogens with two attached hydrogens (primary N) is 1. The minimum atomic E-state index is -0.291. The number of rotatable bonds is 4. The molecule has 134 valence electrons. The quantitative estimate of drug-likeness (QED) is 0.704. The predicted octanol–water partition coefficient (Wildman–Crippen LogP) is 4.50. The van der Waals surface area contributed by atoms with Gasteiger partial charge in [0.1, 0.15) is 0 Å². The molecule has 1 aromatic heterocycles. The van der Waals surface area contributed by atoms with Crippen LogP contribution < -0.4 is 10.6 Å². The number of nitrogens with zero attached hydrogens (tertiary/aromatic N) is 2. The minimum absolute atomic E-state index is 0. The van der Waals surface area contributed by atoms with E-state index in [0.717, 1.165) is 26.5 Å². The summed E-state index contributed by atoms with van der Waals surface area (Å²) in [6, 6.07) is 15.3. The molecule has 1 heterocycles. The lowest BCUT2D eigenvalue weighted by Crippen LogP contribution is -2.29. The molecule has 3 rings (SSSR count). The highest BCUT2D eigenvalue weighted by atomic mass is 35.5. The SMILES string of the molecule is Cc1nc2ccc(N(C)C(=O)CC(N)c3ccccc3)cc2s1.Cl.Cl.